The minimum absolute atomic E-state index is 0.0312. The van der Waals surface area contributed by atoms with Crippen molar-refractivity contribution in [2.75, 3.05) is 18.5 Å². The molecule has 0 unspecified atom stereocenters. The van der Waals surface area contributed by atoms with Gasteiger partial charge in [0.1, 0.15) is 11.6 Å². The average Bonchev–Trinajstić information content (AvgIpc) is 2.43. The molecule has 0 radical (unpaired) electrons. The number of hydrogen-bond donors (Lipinski definition) is 4. The van der Waals surface area contributed by atoms with Crippen LogP contribution >= 0.6 is 0 Å². The van der Waals surface area contributed by atoms with Crippen LogP contribution in [-0.2, 0) is 4.79 Å². The Kier molecular flexibility index (Phi) is 5.75. The van der Waals surface area contributed by atoms with Crippen LogP contribution in [-0.4, -0.2) is 35.2 Å². The van der Waals surface area contributed by atoms with Crippen LogP contribution in [0.1, 0.15) is 10.4 Å². The van der Waals surface area contributed by atoms with Crippen LogP contribution in [0.15, 0.2) is 36.0 Å². The van der Waals surface area contributed by atoms with E-state index in [9.17, 15) is 9.59 Å². The number of carboxylic acids is 1. The summed E-state index contributed by atoms with van der Waals surface area (Å²) in [7, 11) is 0. The average molecular weight is 275 g/mol. The molecule has 104 valence electrons. The van der Waals surface area contributed by atoms with Crippen molar-refractivity contribution in [2.24, 2.45) is 0 Å². The molecule has 0 heterocycles. The third-order valence-corrected chi connectivity index (χ3v) is 2.24. The van der Waals surface area contributed by atoms with Gasteiger partial charge in [-0.05, 0) is 18.2 Å². The molecule has 1 amide bonds. The summed E-state index contributed by atoms with van der Waals surface area (Å²) in [5, 5.41) is 31.3. The second-order valence-corrected chi connectivity index (χ2v) is 3.69. The zero-order valence-corrected chi connectivity index (χ0v) is 10.5. The highest BCUT2D eigenvalue weighted by Gasteiger charge is 2.10. The SMILES string of the molecule is N#C/C(=C/NCCO)C(=O)Nc1cccc(C(=O)O)c1. The highest BCUT2D eigenvalue weighted by Crippen LogP contribution is 2.11. The first-order valence-corrected chi connectivity index (χ1v) is 5.67. The zero-order valence-electron chi connectivity index (χ0n) is 10.5. The Bertz CT molecular complexity index is 575. The molecule has 0 fully saturated rings. The number of amides is 1. The molecule has 4 N–H and O–H groups in total. The third-order valence-electron chi connectivity index (χ3n) is 2.24. The highest BCUT2D eigenvalue weighted by atomic mass is 16.4. The van der Waals surface area contributed by atoms with Gasteiger partial charge in [0.2, 0.25) is 0 Å². The number of aliphatic hydroxyl groups is 1. The maximum absolute atomic E-state index is 11.8. The van der Waals surface area contributed by atoms with Crippen LogP contribution < -0.4 is 10.6 Å². The first-order chi connectivity index (χ1) is 9.58. The molecule has 0 atom stereocenters. The molecule has 0 saturated carbocycles. The molecular formula is C13H13N3O4. The fraction of sp³-hybridized carbons (Fsp3) is 0.154. The van der Waals surface area contributed by atoms with Crippen LogP contribution in [0.2, 0.25) is 0 Å². The molecule has 0 aliphatic heterocycles. The van der Waals surface area contributed by atoms with Crippen molar-refractivity contribution in [2.45, 2.75) is 0 Å². The molecule has 7 heteroatoms. The molecule has 0 aromatic heterocycles. The summed E-state index contributed by atoms with van der Waals surface area (Å²) in [6.07, 6.45) is 1.19. The Morgan fingerprint density at radius 3 is 2.75 bits per heavy atom. The number of nitrogens with zero attached hydrogens (tertiary/aromatic N) is 1. The summed E-state index contributed by atoms with van der Waals surface area (Å²) >= 11 is 0. The quantitative estimate of drug-likeness (QED) is 0.337. The predicted octanol–water partition coefficient (Wildman–Crippen LogP) is 0.313. The fourth-order valence-corrected chi connectivity index (χ4v) is 1.32. The Balaban J connectivity index is 2.79. The predicted molar refractivity (Wildman–Crippen MR) is 70.8 cm³/mol. The van der Waals surface area contributed by atoms with E-state index in [2.05, 4.69) is 10.6 Å². The number of anilines is 1. The second-order valence-electron chi connectivity index (χ2n) is 3.69. The largest absolute Gasteiger partial charge is 0.478 e. The Labute approximate surface area is 115 Å². The number of hydrogen-bond acceptors (Lipinski definition) is 5. The Morgan fingerprint density at radius 2 is 2.15 bits per heavy atom. The lowest BCUT2D eigenvalue weighted by atomic mass is 10.2. The number of benzene rings is 1. The summed E-state index contributed by atoms with van der Waals surface area (Å²) in [6, 6.07) is 7.39. The molecule has 20 heavy (non-hydrogen) atoms. The number of carboxylic acid groups (broad SMARTS) is 1. The van der Waals surface area contributed by atoms with Gasteiger partial charge in [0.15, 0.2) is 0 Å². The fourth-order valence-electron chi connectivity index (χ4n) is 1.32. The van der Waals surface area contributed by atoms with Gasteiger partial charge in [-0.3, -0.25) is 4.79 Å². The van der Waals surface area contributed by atoms with Gasteiger partial charge in [0.25, 0.3) is 5.91 Å². The number of nitrogens with one attached hydrogen (secondary N) is 2. The van der Waals surface area contributed by atoms with Crippen LogP contribution in [0.4, 0.5) is 5.69 Å². The molecule has 7 nitrogen and oxygen atoms in total. The van der Waals surface area contributed by atoms with Gasteiger partial charge in [-0.1, -0.05) is 6.07 Å². The monoisotopic (exact) mass is 275 g/mol. The van der Waals surface area contributed by atoms with Crippen molar-refractivity contribution in [3.05, 3.63) is 41.6 Å². The lowest BCUT2D eigenvalue weighted by Gasteiger charge is -2.05. The van der Waals surface area contributed by atoms with Gasteiger partial charge in [-0.2, -0.15) is 5.26 Å². The summed E-state index contributed by atoms with van der Waals surface area (Å²) in [6.45, 7) is 0.0877. The van der Waals surface area contributed by atoms with E-state index in [1.165, 1.54) is 30.5 Å². The molecule has 0 bridgehead atoms. The summed E-state index contributed by atoms with van der Waals surface area (Å²) in [5.41, 5.74) is 0.126. The highest BCUT2D eigenvalue weighted by molar-refractivity contribution is 6.06. The van der Waals surface area contributed by atoms with E-state index in [1.807, 2.05) is 0 Å². The lowest BCUT2D eigenvalue weighted by Crippen LogP contribution is -2.18. The molecular weight excluding hydrogens is 262 g/mol. The zero-order chi connectivity index (χ0) is 15.0. The third kappa shape index (κ3) is 4.44. The van der Waals surface area contributed by atoms with Crippen molar-refractivity contribution >= 4 is 17.6 Å². The Morgan fingerprint density at radius 1 is 1.40 bits per heavy atom. The summed E-state index contributed by atoms with van der Waals surface area (Å²) in [4.78, 5) is 22.6. The first-order valence-electron chi connectivity index (χ1n) is 5.67. The van der Waals surface area contributed by atoms with E-state index in [1.54, 1.807) is 6.07 Å². The number of rotatable bonds is 6. The van der Waals surface area contributed by atoms with Crippen LogP contribution in [0.3, 0.4) is 0 Å². The molecule has 1 aromatic rings. The minimum atomic E-state index is -1.11. The standard InChI is InChI=1S/C13H13N3O4/c14-7-10(8-15-4-5-17)12(18)16-11-3-1-2-9(6-11)13(19)20/h1-3,6,8,15,17H,4-5H2,(H,16,18)(H,19,20)/b10-8-. The van der Waals surface area contributed by atoms with Gasteiger partial charge < -0.3 is 20.8 Å². The van der Waals surface area contributed by atoms with E-state index >= 15 is 0 Å². The number of carbonyl (C=O) groups excluding carboxylic acids is 1. The molecule has 1 rings (SSSR count). The van der Waals surface area contributed by atoms with Crippen LogP contribution in [0.25, 0.3) is 0 Å². The Hall–Kier alpha value is -2.85. The molecule has 0 saturated heterocycles. The van der Waals surface area contributed by atoms with Crippen molar-refractivity contribution in [3.63, 3.8) is 0 Å². The normalized spacial score (nSPS) is 10.5. The molecule has 1 aromatic carbocycles. The van der Waals surface area contributed by atoms with Crippen LogP contribution in [0.5, 0.6) is 0 Å². The number of carbonyl (C=O) groups is 2. The smallest absolute Gasteiger partial charge is 0.335 e. The number of aliphatic hydroxyl groups excluding tert-OH is 1. The van der Waals surface area contributed by atoms with Gasteiger partial charge in [0.05, 0.1) is 12.2 Å². The van der Waals surface area contributed by atoms with Gasteiger partial charge in [-0.25, -0.2) is 4.79 Å². The number of aromatic carboxylic acids is 1. The van der Waals surface area contributed by atoms with Crippen LogP contribution in [0, 0.1) is 11.3 Å². The topological polar surface area (TPSA) is 122 Å². The maximum atomic E-state index is 11.8. The van der Waals surface area contributed by atoms with Gasteiger partial charge >= 0.3 is 5.97 Å². The number of nitriles is 1. The van der Waals surface area contributed by atoms with Crippen molar-refractivity contribution in [1.82, 2.24) is 5.32 Å². The summed E-state index contributed by atoms with van der Waals surface area (Å²) < 4.78 is 0. The van der Waals surface area contributed by atoms with E-state index in [0.717, 1.165) is 0 Å². The minimum Gasteiger partial charge on any atom is -0.478 e. The van der Waals surface area contributed by atoms with Gasteiger partial charge in [0, 0.05) is 18.4 Å². The van der Waals surface area contributed by atoms with E-state index in [0.29, 0.717) is 0 Å². The maximum Gasteiger partial charge on any atom is 0.335 e. The first kappa shape index (κ1) is 15.2. The lowest BCUT2D eigenvalue weighted by molar-refractivity contribution is -0.112. The van der Waals surface area contributed by atoms with Crippen molar-refractivity contribution < 1.29 is 19.8 Å². The van der Waals surface area contributed by atoms with Gasteiger partial charge in [-0.15, -0.1) is 0 Å². The van der Waals surface area contributed by atoms with E-state index in [-0.39, 0.29) is 30.0 Å². The van der Waals surface area contributed by atoms with E-state index in [4.69, 9.17) is 15.5 Å². The second kappa shape index (κ2) is 7.56. The van der Waals surface area contributed by atoms with Crippen molar-refractivity contribution in [1.29, 1.82) is 5.26 Å². The summed E-state index contributed by atoms with van der Waals surface area (Å²) in [5.74, 6) is -1.78. The molecule has 0 spiro atoms. The van der Waals surface area contributed by atoms with E-state index < -0.39 is 11.9 Å². The molecule has 0 aliphatic rings. The van der Waals surface area contributed by atoms with Crippen molar-refractivity contribution in [3.8, 4) is 6.07 Å². The molecule has 0 aliphatic carbocycles.